The number of aliphatic hydroxyl groups is 1. The molecule has 0 aliphatic carbocycles. The van der Waals surface area contributed by atoms with Crippen LogP contribution in [0, 0.1) is 5.82 Å². The molecule has 2 N–H and O–H groups in total. The monoisotopic (exact) mass is 363 g/mol. The molecule has 140 valence electrons. The van der Waals surface area contributed by atoms with Crippen LogP contribution in [0.15, 0.2) is 35.6 Å². The van der Waals surface area contributed by atoms with E-state index in [1.54, 1.807) is 18.2 Å². The Hall–Kier alpha value is -2.25. The van der Waals surface area contributed by atoms with E-state index in [9.17, 15) is 19.1 Å². The maximum Gasteiger partial charge on any atom is 0.290 e. The van der Waals surface area contributed by atoms with Crippen LogP contribution in [0.25, 0.3) is 0 Å². The molecule has 1 fully saturated rings. The van der Waals surface area contributed by atoms with E-state index >= 15 is 0 Å². The van der Waals surface area contributed by atoms with Gasteiger partial charge >= 0.3 is 0 Å². The molecule has 0 aromatic heterocycles. The van der Waals surface area contributed by atoms with Crippen LogP contribution < -0.4 is 4.90 Å². The lowest BCUT2D eigenvalue weighted by atomic mass is 9.96. The van der Waals surface area contributed by atoms with Crippen LogP contribution >= 0.6 is 0 Å². The van der Waals surface area contributed by atoms with E-state index in [0.717, 1.165) is 32.8 Å². The second kappa shape index (κ2) is 7.97. The third-order valence-electron chi connectivity index (χ3n) is 5.01. The van der Waals surface area contributed by atoms with E-state index in [1.807, 2.05) is 0 Å². The number of carbonyl (C=O) groups excluding carboxylic acids is 2. The minimum absolute atomic E-state index is 0.0289. The smallest absolute Gasteiger partial charge is 0.290 e. The van der Waals surface area contributed by atoms with Crippen molar-refractivity contribution in [3.8, 4) is 0 Å². The lowest BCUT2D eigenvalue weighted by Crippen LogP contribution is -3.14. The van der Waals surface area contributed by atoms with Crippen molar-refractivity contribution in [2.45, 2.75) is 19.4 Å². The number of halogens is 1. The summed E-state index contributed by atoms with van der Waals surface area (Å²) >= 11 is 0. The average molecular weight is 363 g/mol. The van der Waals surface area contributed by atoms with Gasteiger partial charge in [0.1, 0.15) is 18.9 Å². The van der Waals surface area contributed by atoms with Crippen LogP contribution in [0.1, 0.15) is 24.9 Å². The maximum atomic E-state index is 14.3. The molecule has 2 aliphatic rings. The van der Waals surface area contributed by atoms with Gasteiger partial charge in [-0.05, 0) is 13.0 Å². The molecule has 1 atom stereocenters. The summed E-state index contributed by atoms with van der Waals surface area (Å²) in [4.78, 5) is 27.3. The van der Waals surface area contributed by atoms with Gasteiger partial charge in [-0.3, -0.25) is 9.59 Å². The fourth-order valence-electron chi connectivity index (χ4n) is 3.67. The standard InChI is InChI=1S/C19H23FN2O4/c1-13(23)16-17(14-5-2-3-6-15(14)20)22(19(25)18(16)24)8-4-7-21-9-11-26-12-10-21/h2-3,5-6,17,24H,4,7-12H2,1H3/p+1/t17-/m0/s1. The zero-order chi connectivity index (χ0) is 18.7. The topological polar surface area (TPSA) is 71.3 Å². The number of amides is 1. The Labute approximate surface area is 151 Å². The predicted octanol–water partition coefficient (Wildman–Crippen LogP) is 0.415. The van der Waals surface area contributed by atoms with Crippen molar-refractivity contribution in [2.75, 3.05) is 39.4 Å². The quantitative estimate of drug-likeness (QED) is 0.768. The number of Topliss-reactive ketones (excluding diaryl/α,β-unsaturated/α-hetero) is 1. The molecule has 0 bridgehead atoms. The number of rotatable bonds is 6. The van der Waals surface area contributed by atoms with Crippen LogP contribution in [-0.2, 0) is 14.3 Å². The minimum Gasteiger partial charge on any atom is -0.503 e. The number of ketones is 1. The van der Waals surface area contributed by atoms with Crippen molar-refractivity contribution in [1.82, 2.24) is 4.90 Å². The number of carbonyl (C=O) groups is 2. The maximum absolute atomic E-state index is 14.3. The molecule has 1 saturated heterocycles. The molecule has 1 aromatic rings. The van der Waals surface area contributed by atoms with Gasteiger partial charge in [0.25, 0.3) is 5.91 Å². The molecule has 2 aliphatic heterocycles. The fraction of sp³-hybridized carbons (Fsp3) is 0.474. The van der Waals surface area contributed by atoms with E-state index in [1.165, 1.54) is 22.8 Å². The van der Waals surface area contributed by atoms with Crippen molar-refractivity contribution in [3.05, 3.63) is 47.0 Å². The van der Waals surface area contributed by atoms with Gasteiger partial charge in [-0.2, -0.15) is 0 Å². The third-order valence-corrected chi connectivity index (χ3v) is 5.01. The van der Waals surface area contributed by atoms with Crippen molar-refractivity contribution >= 4 is 11.7 Å². The Balaban J connectivity index is 1.79. The summed E-state index contributed by atoms with van der Waals surface area (Å²) in [6.07, 6.45) is 0.699. The number of morpholine rings is 1. The van der Waals surface area contributed by atoms with Gasteiger partial charge in [-0.15, -0.1) is 0 Å². The average Bonchev–Trinajstić information content (AvgIpc) is 2.88. The van der Waals surface area contributed by atoms with Crippen molar-refractivity contribution < 1.29 is 28.7 Å². The SMILES string of the molecule is CC(=O)C1=C(O)C(=O)N(CCC[NH+]2CCOCC2)[C@H]1c1ccccc1F. The van der Waals surface area contributed by atoms with E-state index in [2.05, 4.69) is 0 Å². The van der Waals surface area contributed by atoms with E-state index < -0.39 is 29.3 Å². The van der Waals surface area contributed by atoms with Gasteiger partial charge in [0.05, 0.1) is 31.4 Å². The summed E-state index contributed by atoms with van der Waals surface area (Å²) in [5.41, 5.74) is 0.202. The number of hydrogen-bond donors (Lipinski definition) is 2. The normalized spacial score (nSPS) is 21.5. The number of ether oxygens (including phenoxy) is 1. The first-order valence-corrected chi connectivity index (χ1v) is 8.91. The first-order chi connectivity index (χ1) is 12.5. The van der Waals surface area contributed by atoms with Gasteiger partial charge in [0, 0.05) is 18.5 Å². The third kappa shape index (κ3) is 3.64. The number of nitrogens with zero attached hydrogens (tertiary/aromatic N) is 1. The first-order valence-electron chi connectivity index (χ1n) is 8.91. The van der Waals surface area contributed by atoms with Crippen LogP contribution in [0.2, 0.25) is 0 Å². The zero-order valence-corrected chi connectivity index (χ0v) is 14.8. The second-order valence-electron chi connectivity index (χ2n) is 6.71. The molecule has 26 heavy (non-hydrogen) atoms. The van der Waals surface area contributed by atoms with Crippen LogP contribution in [0.5, 0.6) is 0 Å². The van der Waals surface area contributed by atoms with Crippen LogP contribution in [0.3, 0.4) is 0 Å². The van der Waals surface area contributed by atoms with Gasteiger partial charge in [-0.1, -0.05) is 18.2 Å². The first kappa shape index (κ1) is 18.5. The zero-order valence-electron chi connectivity index (χ0n) is 14.8. The molecule has 7 heteroatoms. The lowest BCUT2D eigenvalue weighted by Gasteiger charge is -2.28. The number of quaternary nitrogens is 1. The van der Waals surface area contributed by atoms with E-state index in [0.29, 0.717) is 13.0 Å². The van der Waals surface area contributed by atoms with Crippen molar-refractivity contribution in [2.24, 2.45) is 0 Å². The number of aliphatic hydroxyl groups excluding tert-OH is 1. The Morgan fingerprint density at radius 1 is 1.35 bits per heavy atom. The summed E-state index contributed by atoms with van der Waals surface area (Å²) in [7, 11) is 0. The highest BCUT2D eigenvalue weighted by Crippen LogP contribution is 2.38. The van der Waals surface area contributed by atoms with Gasteiger partial charge in [-0.25, -0.2) is 4.39 Å². The Bertz CT molecular complexity index is 728. The molecule has 0 saturated carbocycles. The van der Waals surface area contributed by atoms with Crippen LogP contribution in [-0.4, -0.2) is 61.1 Å². The van der Waals surface area contributed by atoms with Gasteiger partial charge < -0.3 is 19.6 Å². The second-order valence-corrected chi connectivity index (χ2v) is 6.71. The van der Waals surface area contributed by atoms with E-state index in [-0.39, 0.29) is 11.1 Å². The van der Waals surface area contributed by atoms with Crippen molar-refractivity contribution in [3.63, 3.8) is 0 Å². The summed E-state index contributed by atoms with van der Waals surface area (Å²) in [5.74, 6) is -2.10. The summed E-state index contributed by atoms with van der Waals surface area (Å²) < 4.78 is 19.7. The predicted molar refractivity (Wildman–Crippen MR) is 92.2 cm³/mol. The number of benzene rings is 1. The summed E-state index contributed by atoms with van der Waals surface area (Å²) in [6, 6.07) is 5.18. The van der Waals surface area contributed by atoms with Gasteiger partial charge in [0.2, 0.25) is 0 Å². The molecule has 0 spiro atoms. The molecule has 0 radical (unpaired) electrons. The summed E-state index contributed by atoms with van der Waals surface area (Å²) in [6.45, 7) is 5.80. The van der Waals surface area contributed by atoms with Crippen LogP contribution in [0.4, 0.5) is 4.39 Å². The molecule has 3 rings (SSSR count). The Morgan fingerprint density at radius 2 is 2.04 bits per heavy atom. The molecule has 6 nitrogen and oxygen atoms in total. The molecule has 0 unspecified atom stereocenters. The molecule has 1 aromatic carbocycles. The Morgan fingerprint density at radius 3 is 2.69 bits per heavy atom. The highest BCUT2D eigenvalue weighted by molar-refractivity contribution is 6.08. The molecular formula is C19H24FN2O4+. The summed E-state index contributed by atoms with van der Waals surface area (Å²) in [5, 5.41) is 10.2. The highest BCUT2D eigenvalue weighted by atomic mass is 19.1. The molecule has 1 amide bonds. The molecular weight excluding hydrogens is 339 g/mol. The molecule has 2 heterocycles. The highest BCUT2D eigenvalue weighted by Gasteiger charge is 2.43. The number of hydrogen-bond acceptors (Lipinski definition) is 4. The van der Waals surface area contributed by atoms with Gasteiger partial charge in [0.15, 0.2) is 11.5 Å². The fourth-order valence-corrected chi connectivity index (χ4v) is 3.67. The largest absolute Gasteiger partial charge is 0.503 e. The van der Waals surface area contributed by atoms with E-state index in [4.69, 9.17) is 4.74 Å². The van der Waals surface area contributed by atoms with Crippen molar-refractivity contribution in [1.29, 1.82) is 0 Å². The minimum atomic E-state index is -0.874. The lowest BCUT2D eigenvalue weighted by molar-refractivity contribution is -0.908. The Kier molecular flexibility index (Phi) is 5.68. The number of nitrogens with one attached hydrogen (secondary N) is 1.